The van der Waals surface area contributed by atoms with Crippen LogP contribution in [-0.2, 0) is 0 Å². The van der Waals surface area contributed by atoms with Gasteiger partial charge in [0.15, 0.2) is 0 Å². The van der Waals surface area contributed by atoms with Crippen LogP contribution in [0.4, 0.5) is 26.3 Å². The second kappa shape index (κ2) is 2.48. The van der Waals surface area contributed by atoms with Crippen LogP contribution in [0.3, 0.4) is 0 Å². The van der Waals surface area contributed by atoms with Crippen molar-refractivity contribution in [2.45, 2.75) is 41.8 Å². The molecule has 0 radical (unpaired) electrons. The maximum atomic E-state index is 12.8. The predicted octanol–water partition coefficient (Wildman–Crippen LogP) is 2.54. The van der Waals surface area contributed by atoms with Gasteiger partial charge in [-0.15, -0.1) is 11.6 Å². The molecule has 0 aromatic carbocycles. The Hall–Kier alpha value is -0.170. The molecular weight excluding hydrogens is 260 g/mol. The van der Waals surface area contributed by atoms with Gasteiger partial charge in [0.25, 0.3) is 0 Å². The first kappa shape index (κ1) is 11.0. The molecule has 0 amide bonds. The Kier molecular flexibility index (Phi) is 1.70. The second-order valence-electron chi connectivity index (χ2n) is 4.51. The van der Waals surface area contributed by atoms with Gasteiger partial charge in [0, 0.05) is 18.0 Å². The summed E-state index contributed by atoms with van der Waals surface area (Å²) in [6.07, 6.45) is -10.7. The van der Waals surface area contributed by atoms with Crippen LogP contribution in [0.25, 0.3) is 0 Å². The highest BCUT2D eigenvalue weighted by Crippen LogP contribution is 2.73. The molecule has 92 valence electrons. The van der Waals surface area contributed by atoms with E-state index in [0.717, 1.165) is 0 Å². The number of halogens is 7. The maximum Gasteiger partial charge on any atom is 0.416 e. The molecule has 3 aliphatic heterocycles. The van der Waals surface area contributed by atoms with Crippen molar-refractivity contribution in [3.05, 3.63) is 0 Å². The largest absolute Gasteiger partial charge is 0.416 e. The van der Waals surface area contributed by atoms with E-state index in [4.69, 9.17) is 11.6 Å². The molecule has 0 N–H and O–H groups in total. The second-order valence-corrected chi connectivity index (χ2v) is 5.02. The minimum absolute atomic E-state index is 0.0994. The first-order chi connectivity index (χ1) is 7.14. The number of hydrogen-bond donors (Lipinski definition) is 0. The lowest BCUT2D eigenvalue weighted by Gasteiger charge is -2.37. The first-order valence-electron chi connectivity index (χ1n) is 4.70. The zero-order chi connectivity index (χ0) is 12.1. The Morgan fingerprint density at radius 3 is 1.69 bits per heavy atom. The number of alkyl halides is 7. The van der Waals surface area contributed by atoms with Crippen molar-refractivity contribution in [1.29, 1.82) is 0 Å². The Balaban J connectivity index is 2.14. The van der Waals surface area contributed by atoms with E-state index in [-0.39, 0.29) is 6.42 Å². The normalized spacial score (nSPS) is 48.6. The van der Waals surface area contributed by atoms with E-state index >= 15 is 0 Å². The van der Waals surface area contributed by atoms with Gasteiger partial charge in [0.05, 0.1) is 5.38 Å². The van der Waals surface area contributed by atoms with Crippen LogP contribution >= 0.6 is 11.6 Å². The van der Waals surface area contributed by atoms with Crippen molar-refractivity contribution in [3.63, 3.8) is 0 Å². The summed E-state index contributed by atoms with van der Waals surface area (Å²) < 4.78 is 76.9. The fourth-order valence-corrected chi connectivity index (χ4v) is 4.08. The minimum atomic E-state index is -5.32. The highest BCUT2D eigenvalue weighted by atomic mass is 35.5. The van der Waals surface area contributed by atoms with Crippen LogP contribution in [0.1, 0.15) is 6.42 Å². The van der Waals surface area contributed by atoms with E-state index < -0.39 is 41.3 Å². The molecule has 1 nitrogen and oxygen atoms in total. The van der Waals surface area contributed by atoms with Crippen LogP contribution in [0.2, 0.25) is 0 Å². The van der Waals surface area contributed by atoms with E-state index in [0.29, 0.717) is 4.90 Å². The van der Waals surface area contributed by atoms with Crippen LogP contribution < -0.4 is 0 Å². The number of piperidine rings is 3. The van der Waals surface area contributed by atoms with Crippen molar-refractivity contribution < 1.29 is 26.3 Å². The molecule has 1 aliphatic carbocycles. The average molecular weight is 266 g/mol. The van der Waals surface area contributed by atoms with E-state index in [1.54, 1.807) is 0 Å². The molecule has 0 aromatic heterocycles. The molecular formula is C8H6ClF6N. The standard InChI is InChI=1S/C8H6ClF6N/c9-4-2-1-3-5(4)16(3)6(2,7(10,11)12)8(13,14)15/h2-5H,1H2/t2-,3+,4+,5-,16?/m0/s1. The van der Waals surface area contributed by atoms with E-state index in [1.807, 2.05) is 0 Å². The number of hydrogen-bond acceptors (Lipinski definition) is 1. The van der Waals surface area contributed by atoms with Crippen LogP contribution in [-0.4, -0.2) is 40.3 Å². The molecule has 1 saturated carbocycles. The lowest BCUT2D eigenvalue weighted by Crippen LogP contribution is -2.63. The molecule has 3 saturated heterocycles. The summed E-state index contributed by atoms with van der Waals surface area (Å²) in [5, 5.41) is -1.03. The number of nitrogens with zero attached hydrogens (tertiary/aromatic N) is 1. The van der Waals surface area contributed by atoms with Crippen molar-refractivity contribution in [1.82, 2.24) is 4.90 Å². The average Bonchev–Trinajstić information content (AvgIpc) is 2.43. The van der Waals surface area contributed by atoms with Gasteiger partial charge in [-0.3, -0.25) is 4.90 Å². The summed E-state index contributed by atoms with van der Waals surface area (Å²) in [7, 11) is 0. The Labute approximate surface area is 91.3 Å². The van der Waals surface area contributed by atoms with Crippen molar-refractivity contribution >= 4 is 11.6 Å². The summed E-state index contributed by atoms with van der Waals surface area (Å²) >= 11 is 5.65. The summed E-state index contributed by atoms with van der Waals surface area (Å²) in [5.74, 6) is -1.55. The zero-order valence-electron chi connectivity index (χ0n) is 7.61. The fourth-order valence-electron chi connectivity index (χ4n) is 3.51. The highest BCUT2D eigenvalue weighted by molar-refractivity contribution is 6.22. The molecule has 3 heterocycles. The molecule has 8 heteroatoms. The SMILES string of the molecule is FC(F)(F)C1(C(F)(F)F)[C@H]2C[C@@H]3[C@@H]([C@@H]2Cl)N31. The molecule has 4 bridgehead atoms. The van der Waals surface area contributed by atoms with Crippen molar-refractivity contribution in [3.8, 4) is 0 Å². The number of rotatable bonds is 0. The van der Waals surface area contributed by atoms with Crippen LogP contribution in [0.5, 0.6) is 0 Å². The van der Waals surface area contributed by atoms with Gasteiger partial charge >= 0.3 is 12.4 Å². The van der Waals surface area contributed by atoms with Gasteiger partial charge in [-0.1, -0.05) is 0 Å². The Morgan fingerprint density at radius 1 is 1.06 bits per heavy atom. The molecule has 16 heavy (non-hydrogen) atoms. The molecule has 4 rings (SSSR count). The topological polar surface area (TPSA) is 3.01 Å². The molecule has 4 fully saturated rings. The smallest absolute Gasteiger partial charge is 0.271 e. The molecule has 0 aromatic rings. The third kappa shape index (κ3) is 0.847. The fraction of sp³-hybridized carbons (Fsp3) is 1.00. The highest BCUT2D eigenvalue weighted by Gasteiger charge is 2.93. The van der Waals surface area contributed by atoms with E-state index in [2.05, 4.69) is 0 Å². The summed E-state index contributed by atoms with van der Waals surface area (Å²) in [6.45, 7) is 0. The third-order valence-electron chi connectivity index (χ3n) is 4.00. The molecule has 5 atom stereocenters. The van der Waals surface area contributed by atoms with Gasteiger partial charge in [0.1, 0.15) is 0 Å². The van der Waals surface area contributed by atoms with Crippen molar-refractivity contribution in [2.75, 3.05) is 0 Å². The minimum Gasteiger partial charge on any atom is -0.271 e. The van der Waals surface area contributed by atoms with E-state index in [9.17, 15) is 26.3 Å². The Morgan fingerprint density at radius 2 is 1.56 bits per heavy atom. The summed E-state index contributed by atoms with van der Waals surface area (Å²) in [6, 6.07) is -1.37. The lowest BCUT2D eigenvalue weighted by molar-refractivity contribution is -0.328. The van der Waals surface area contributed by atoms with Gasteiger partial charge in [-0.25, -0.2) is 0 Å². The summed E-state index contributed by atoms with van der Waals surface area (Å²) in [4.78, 5) is 0.509. The van der Waals surface area contributed by atoms with Gasteiger partial charge < -0.3 is 0 Å². The van der Waals surface area contributed by atoms with E-state index in [1.165, 1.54) is 0 Å². The third-order valence-corrected chi connectivity index (χ3v) is 4.56. The lowest BCUT2D eigenvalue weighted by atomic mass is 9.85. The van der Waals surface area contributed by atoms with Gasteiger partial charge in [-0.2, -0.15) is 26.3 Å². The first-order valence-corrected chi connectivity index (χ1v) is 5.13. The molecule has 1 unspecified atom stereocenters. The van der Waals surface area contributed by atoms with Crippen molar-refractivity contribution in [2.24, 2.45) is 5.92 Å². The Bertz CT molecular complexity index is 335. The van der Waals surface area contributed by atoms with Crippen LogP contribution in [0, 0.1) is 5.92 Å². The quantitative estimate of drug-likeness (QED) is 0.370. The maximum absolute atomic E-state index is 12.8. The molecule has 4 aliphatic rings. The monoisotopic (exact) mass is 265 g/mol. The predicted molar refractivity (Wildman–Crippen MR) is 42.0 cm³/mol. The molecule has 0 spiro atoms. The van der Waals surface area contributed by atoms with Crippen LogP contribution in [0.15, 0.2) is 0 Å². The summed E-state index contributed by atoms with van der Waals surface area (Å²) in [5.41, 5.74) is -3.69. The van der Waals surface area contributed by atoms with Gasteiger partial charge in [-0.05, 0) is 6.42 Å². The van der Waals surface area contributed by atoms with Gasteiger partial charge in [0.2, 0.25) is 5.54 Å². The zero-order valence-corrected chi connectivity index (χ0v) is 8.37.